The summed E-state index contributed by atoms with van der Waals surface area (Å²) in [7, 11) is -3.86. The van der Waals surface area contributed by atoms with Gasteiger partial charge in [-0.05, 0) is 55.2 Å². The maximum Gasteiger partial charge on any atom is 0.252 e. The molecule has 3 N–H and O–H groups in total. The number of halogens is 1. The van der Waals surface area contributed by atoms with Gasteiger partial charge in [-0.1, -0.05) is 36.7 Å². The van der Waals surface area contributed by atoms with Crippen molar-refractivity contribution in [1.82, 2.24) is 10.0 Å². The molecule has 1 unspecified atom stereocenters. The molecular weight excluding hydrogens is 458 g/mol. The van der Waals surface area contributed by atoms with Crippen molar-refractivity contribution in [2.75, 3.05) is 23.9 Å². The minimum absolute atomic E-state index is 0.0856. The second kappa shape index (κ2) is 12.1. The van der Waals surface area contributed by atoms with Crippen LogP contribution in [0.15, 0.2) is 53.4 Å². The highest BCUT2D eigenvalue weighted by molar-refractivity contribution is 7.98. The Morgan fingerprint density at radius 3 is 2.45 bits per heavy atom. The molecule has 0 aromatic heterocycles. The van der Waals surface area contributed by atoms with Crippen LogP contribution in [-0.2, 0) is 14.8 Å². The van der Waals surface area contributed by atoms with Crippen LogP contribution in [0.2, 0.25) is 5.02 Å². The van der Waals surface area contributed by atoms with E-state index >= 15 is 0 Å². The predicted molar refractivity (Wildman–Crippen MR) is 126 cm³/mol. The molecule has 168 valence electrons. The lowest BCUT2D eigenvalue weighted by Crippen LogP contribution is -2.44. The average Bonchev–Trinajstić information content (AvgIpc) is 2.75. The number of hydrogen-bond donors (Lipinski definition) is 3. The molecule has 0 aliphatic rings. The summed E-state index contributed by atoms with van der Waals surface area (Å²) in [4.78, 5) is 25.0. The predicted octanol–water partition coefficient (Wildman–Crippen LogP) is 3.52. The number of sulfonamides is 1. The normalized spacial score (nSPS) is 12.2. The topological polar surface area (TPSA) is 104 Å². The van der Waals surface area contributed by atoms with E-state index in [0.29, 0.717) is 30.0 Å². The van der Waals surface area contributed by atoms with E-state index in [2.05, 4.69) is 15.4 Å². The van der Waals surface area contributed by atoms with E-state index in [1.807, 2.05) is 13.2 Å². The fraction of sp³-hybridized carbons (Fsp3) is 0.333. The van der Waals surface area contributed by atoms with Crippen molar-refractivity contribution in [2.45, 2.75) is 30.7 Å². The summed E-state index contributed by atoms with van der Waals surface area (Å²) in [5.74, 6) is -0.210. The molecule has 0 saturated heterocycles. The molecule has 0 bridgehead atoms. The van der Waals surface area contributed by atoms with Gasteiger partial charge in [0.2, 0.25) is 15.9 Å². The monoisotopic (exact) mass is 483 g/mol. The first-order chi connectivity index (χ1) is 14.8. The standard InChI is InChI=1S/C21H26ClN3O4S2/c1-3-12-23-20(26)17-10-9-15(14-18(17)22)24-21(27)19(11-13-30-2)25-31(28,29)16-7-5-4-6-8-16/h4-10,14,19,25H,3,11-13H2,1-2H3,(H,23,26)(H,24,27). The van der Waals surface area contributed by atoms with Gasteiger partial charge in [-0.3, -0.25) is 9.59 Å². The smallest absolute Gasteiger partial charge is 0.252 e. The van der Waals surface area contributed by atoms with E-state index in [-0.39, 0.29) is 15.8 Å². The van der Waals surface area contributed by atoms with Gasteiger partial charge < -0.3 is 10.6 Å². The molecular formula is C21H26ClN3O4S2. The summed E-state index contributed by atoms with van der Waals surface area (Å²) in [5.41, 5.74) is 0.673. The van der Waals surface area contributed by atoms with Crippen LogP contribution in [0.1, 0.15) is 30.1 Å². The van der Waals surface area contributed by atoms with E-state index < -0.39 is 22.0 Å². The first-order valence-electron chi connectivity index (χ1n) is 9.73. The average molecular weight is 484 g/mol. The zero-order valence-electron chi connectivity index (χ0n) is 17.4. The molecule has 10 heteroatoms. The Hall–Kier alpha value is -2.07. The van der Waals surface area contributed by atoms with Crippen LogP contribution in [0.25, 0.3) is 0 Å². The lowest BCUT2D eigenvalue weighted by molar-refractivity contribution is -0.117. The van der Waals surface area contributed by atoms with E-state index in [0.717, 1.165) is 6.42 Å². The molecule has 7 nitrogen and oxygen atoms in total. The Bertz CT molecular complexity index is 1000. The van der Waals surface area contributed by atoms with Gasteiger partial charge in [-0.2, -0.15) is 16.5 Å². The Balaban J connectivity index is 2.15. The van der Waals surface area contributed by atoms with Gasteiger partial charge in [-0.15, -0.1) is 0 Å². The number of anilines is 1. The van der Waals surface area contributed by atoms with Crippen LogP contribution >= 0.6 is 23.4 Å². The number of carbonyl (C=O) groups excluding carboxylic acids is 2. The van der Waals surface area contributed by atoms with Gasteiger partial charge in [0.25, 0.3) is 5.91 Å². The summed E-state index contributed by atoms with van der Waals surface area (Å²) < 4.78 is 27.8. The van der Waals surface area contributed by atoms with Crippen molar-refractivity contribution in [3.63, 3.8) is 0 Å². The molecule has 2 aromatic rings. The van der Waals surface area contributed by atoms with Crippen molar-refractivity contribution in [3.05, 3.63) is 59.1 Å². The van der Waals surface area contributed by atoms with Gasteiger partial charge in [0.15, 0.2) is 0 Å². The minimum atomic E-state index is -3.86. The third-order valence-corrected chi connectivity index (χ3v) is 6.74. The number of nitrogens with one attached hydrogen (secondary N) is 3. The number of benzene rings is 2. The van der Waals surface area contributed by atoms with Crippen LogP contribution in [0, 0.1) is 0 Å². The van der Waals surface area contributed by atoms with Crippen LogP contribution in [0.5, 0.6) is 0 Å². The SMILES string of the molecule is CCCNC(=O)c1ccc(NC(=O)C(CCSC)NS(=O)(=O)c2ccccc2)cc1Cl. The zero-order valence-corrected chi connectivity index (χ0v) is 19.7. The number of thioether (sulfide) groups is 1. The lowest BCUT2D eigenvalue weighted by Gasteiger charge is -2.18. The first kappa shape index (κ1) is 25.2. The third-order valence-electron chi connectivity index (χ3n) is 4.29. The Kier molecular flexibility index (Phi) is 9.83. The van der Waals surface area contributed by atoms with Gasteiger partial charge in [0, 0.05) is 12.2 Å². The van der Waals surface area contributed by atoms with Crippen LogP contribution in [0.4, 0.5) is 5.69 Å². The number of hydrogen-bond acceptors (Lipinski definition) is 5. The molecule has 0 heterocycles. The van der Waals surface area contributed by atoms with E-state index in [4.69, 9.17) is 11.6 Å². The van der Waals surface area contributed by atoms with Crippen molar-refractivity contribution in [2.24, 2.45) is 0 Å². The fourth-order valence-electron chi connectivity index (χ4n) is 2.67. The van der Waals surface area contributed by atoms with Crippen molar-refractivity contribution < 1.29 is 18.0 Å². The summed E-state index contributed by atoms with van der Waals surface area (Å²) in [6.45, 7) is 2.48. The Morgan fingerprint density at radius 2 is 1.84 bits per heavy atom. The summed E-state index contributed by atoms with van der Waals surface area (Å²) in [5, 5.41) is 5.62. The summed E-state index contributed by atoms with van der Waals surface area (Å²) in [6.07, 6.45) is 2.99. The highest BCUT2D eigenvalue weighted by Gasteiger charge is 2.25. The van der Waals surface area contributed by atoms with Crippen LogP contribution < -0.4 is 15.4 Å². The highest BCUT2D eigenvalue weighted by atomic mass is 35.5. The van der Waals surface area contributed by atoms with Gasteiger partial charge in [-0.25, -0.2) is 8.42 Å². The summed E-state index contributed by atoms with van der Waals surface area (Å²) in [6, 6.07) is 11.5. The molecule has 1 atom stereocenters. The molecule has 2 aromatic carbocycles. The number of rotatable bonds is 11. The Morgan fingerprint density at radius 1 is 1.13 bits per heavy atom. The highest BCUT2D eigenvalue weighted by Crippen LogP contribution is 2.22. The molecule has 0 radical (unpaired) electrons. The number of amides is 2. The van der Waals surface area contributed by atoms with E-state index in [9.17, 15) is 18.0 Å². The molecule has 0 aliphatic carbocycles. The van der Waals surface area contributed by atoms with Gasteiger partial charge >= 0.3 is 0 Å². The number of carbonyl (C=O) groups is 2. The molecule has 2 amide bonds. The second-order valence-electron chi connectivity index (χ2n) is 6.71. The van der Waals surface area contributed by atoms with Crippen molar-refractivity contribution in [1.29, 1.82) is 0 Å². The third kappa shape index (κ3) is 7.53. The fourth-order valence-corrected chi connectivity index (χ4v) is 4.66. The van der Waals surface area contributed by atoms with Crippen molar-refractivity contribution >= 4 is 50.9 Å². The quantitative estimate of drug-likeness (QED) is 0.453. The maximum atomic E-state index is 12.8. The van der Waals surface area contributed by atoms with Gasteiger partial charge in [0.05, 0.1) is 15.5 Å². The maximum absolute atomic E-state index is 12.8. The van der Waals surface area contributed by atoms with E-state index in [1.165, 1.54) is 36.0 Å². The minimum Gasteiger partial charge on any atom is -0.352 e. The first-order valence-corrected chi connectivity index (χ1v) is 13.0. The molecule has 0 spiro atoms. The molecule has 0 aliphatic heterocycles. The largest absolute Gasteiger partial charge is 0.352 e. The molecule has 0 fully saturated rings. The van der Waals surface area contributed by atoms with Gasteiger partial charge in [0.1, 0.15) is 6.04 Å². The lowest BCUT2D eigenvalue weighted by atomic mass is 10.1. The molecule has 0 saturated carbocycles. The van der Waals surface area contributed by atoms with Crippen LogP contribution in [0.3, 0.4) is 0 Å². The Labute approximate surface area is 192 Å². The second-order valence-corrected chi connectivity index (χ2v) is 9.81. The van der Waals surface area contributed by atoms with Crippen LogP contribution in [-0.4, -0.2) is 44.8 Å². The van der Waals surface area contributed by atoms with Crippen molar-refractivity contribution in [3.8, 4) is 0 Å². The molecule has 2 rings (SSSR count). The molecule has 31 heavy (non-hydrogen) atoms. The summed E-state index contributed by atoms with van der Waals surface area (Å²) >= 11 is 7.72. The van der Waals surface area contributed by atoms with E-state index in [1.54, 1.807) is 24.3 Å². The zero-order chi connectivity index (χ0) is 22.9.